The zero-order valence-electron chi connectivity index (χ0n) is 53.3. The van der Waals surface area contributed by atoms with Crippen LogP contribution in [0.25, 0.3) is 0 Å². The smallest absolute Gasteiger partial charge is 0.460 e. The number of aliphatic hydroxyl groups excluding tert-OH is 3. The third kappa shape index (κ3) is 14.9. The van der Waals surface area contributed by atoms with Gasteiger partial charge in [-0.15, -0.1) is 0 Å². The van der Waals surface area contributed by atoms with Gasteiger partial charge in [0, 0.05) is 113 Å². The van der Waals surface area contributed by atoms with Crippen LogP contribution in [-0.4, -0.2) is 86.7 Å². The molecule has 6 nitrogen and oxygen atoms in total. The van der Waals surface area contributed by atoms with Gasteiger partial charge in [-0.1, -0.05) is 61.7 Å². The summed E-state index contributed by atoms with van der Waals surface area (Å²) in [6, 6.07) is 0. The zero-order valence-corrected chi connectivity index (χ0v) is 30.0. The molecule has 0 amide bonds. The van der Waals surface area contributed by atoms with Gasteiger partial charge >= 0.3 is 54.1 Å². The van der Waals surface area contributed by atoms with E-state index >= 15 is 0 Å². The Morgan fingerprint density at radius 2 is 0.500 bits per heavy atom. The molecule has 339 valence electrons. The maximum absolute atomic E-state index is 13.3. The van der Waals surface area contributed by atoms with Crippen LogP contribution in [0.4, 0.5) is 92.2 Å². The zero-order chi connectivity index (χ0) is 70.1. The van der Waals surface area contributed by atoms with Crippen molar-refractivity contribution in [2.24, 2.45) is 16.2 Å². The number of hydrogen-bond acceptors (Lipinski definition) is 6. The van der Waals surface area contributed by atoms with E-state index < -0.39 is 185 Å². The van der Waals surface area contributed by atoms with E-state index in [2.05, 4.69) is 0 Å². The molecule has 0 atom stereocenters. The van der Waals surface area contributed by atoms with E-state index in [-0.39, 0.29) is 41.3 Å². The molecule has 1 radical (unpaired) electrons. The number of carbonyl (C=O) groups is 3. The van der Waals surface area contributed by atoms with Gasteiger partial charge in [-0.05, 0) is 0 Å². The second kappa shape index (κ2) is 19.1. The summed E-state index contributed by atoms with van der Waals surface area (Å²) in [5.41, 5.74) is -13.3. The molecule has 0 aromatic heterocycles. The minimum absolute atomic E-state index is 0. The number of hydrogen-bond donors (Lipinski definition) is 3. The summed E-state index contributed by atoms with van der Waals surface area (Å²) < 4.78 is 457. The number of allylic oxidation sites excluding steroid dienone is 6. The van der Waals surface area contributed by atoms with E-state index in [0.29, 0.717) is 0 Å². The van der Waals surface area contributed by atoms with Crippen molar-refractivity contribution in [3.63, 3.8) is 0 Å². The van der Waals surface area contributed by atoms with Crippen molar-refractivity contribution in [3.8, 4) is 0 Å². The summed E-state index contributed by atoms with van der Waals surface area (Å²) in [7, 11) is 0. The summed E-state index contributed by atoms with van der Waals surface area (Å²) in [6.45, 7) is -38.4. The molecule has 0 aliphatic heterocycles. The molecule has 0 heterocycles. The molecule has 3 N–H and O–H groups in total. The third-order valence-corrected chi connectivity index (χ3v) is 5.14. The predicted octanol–water partition coefficient (Wildman–Crippen LogP) is 11.6. The first kappa shape index (κ1) is 26.8. The van der Waals surface area contributed by atoms with Crippen LogP contribution in [0.5, 0.6) is 0 Å². The monoisotopic (exact) mass is 1060 g/mol. The Morgan fingerprint density at radius 3 is 0.603 bits per heavy atom. The minimum atomic E-state index is -7.00. The Balaban J connectivity index is -0.000000576. The van der Waals surface area contributed by atoms with E-state index in [0.717, 1.165) is 0 Å². The Kier molecular flexibility index (Phi) is 8.80. The summed E-state index contributed by atoms with van der Waals surface area (Å²) in [6.07, 6.45) is -24.7. The van der Waals surface area contributed by atoms with Crippen LogP contribution in [-0.2, 0) is 14.4 Å². The van der Waals surface area contributed by atoms with Crippen molar-refractivity contribution in [2.75, 3.05) is 0 Å². The molecule has 0 fully saturated rings. The first-order chi connectivity index (χ1) is 35.4. The number of rotatable bonds is 9. The van der Waals surface area contributed by atoms with Crippen molar-refractivity contribution in [1.29, 1.82) is 0 Å². The Hall–Kier alpha value is -2.48. The van der Waals surface area contributed by atoms with Gasteiger partial charge in [0.1, 0.15) is 17.3 Å². The average Bonchev–Trinajstić information content (AvgIpc) is 3.11. The first-order valence-corrected chi connectivity index (χ1v) is 12.2. The fourth-order valence-corrected chi connectivity index (χ4v) is 1.97. The number of aliphatic hydroxyl groups is 3. The van der Waals surface area contributed by atoms with E-state index in [1.165, 1.54) is 0 Å². The second-order valence-electron chi connectivity index (χ2n) is 9.87. The number of ketones is 3. The maximum atomic E-state index is 13.3. The minimum Gasteiger partial charge on any atom is -0.512 e. The summed E-state index contributed by atoms with van der Waals surface area (Å²) in [4.78, 5) is 33.8. The topological polar surface area (TPSA) is 112 Å². The molecule has 0 aromatic rings. The molecular formula is C30H33F21O6Pr. The van der Waals surface area contributed by atoms with Crippen molar-refractivity contribution in [1.82, 2.24) is 0 Å². The number of carbonyl (C=O) groups excluding carboxylic acids is 3. The van der Waals surface area contributed by atoms with Crippen LogP contribution in [0.15, 0.2) is 35.5 Å². The largest absolute Gasteiger partial charge is 0.512 e. The van der Waals surface area contributed by atoms with Crippen molar-refractivity contribution in [3.05, 3.63) is 35.5 Å². The molecule has 0 aliphatic carbocycles. The van der Waals surface area contributed by atoms with Gasteiger partial charge in [0.05, 0.1) is 0 Å². The average molecular weight is 1060 g/mol. The summed E-state index contributed by atoms with van der Waals surface area (Å²) in [5, 5.41) is 29.0. The van der Waals surface area contributed by atoms with Crippen LogP contribution in [0.1, 0.15) is 98.7 Å². The normalized spacial score (nSPS) is 24.2. The fourth-order valence-electron chi connectivity index (χ4n) is 1.97. The Bertz CT molecular complexity index is 2100. The molecule has 28 heteroatoms. The quantitative estimate of drug-likeness (QED) is 0.120. The molecule has 0 bridgehead atoms. The first-order valence-electron chi connectivity index (χ1n) is 25.7. The molecular weight excluding hydrogens is 996 g/mol. The van der Waals surface area contributed by atoms with Crippen LogP contribution in [0.3, 0.4) is 0 Å². The Morgan fingerprint density at radius 1 is 0.362 bits per heavy atom. The molecule has 0 aliphatic rings. The van der Waals surface area contributed by atoms with Gasteiger partial charge in [0.25, 0.3) is 0 Å². The molecule has 58 heavy (non-hydrogen) atoms. The predicted molar refractivity (Wildman–Crippen MR) is 153 cm³/mol. The molecule has 0 saturated carbocycles. The second-order valence-corrected chi connectivity index (χ2v) is 9.87. The third-order valence-electron chi connectivity index (χ3n) is 5.14. The molecule has 0 spiro atoms. The van der Waals surface area contributed by atoms with E-state index in [4.69, 9.17) is 37.0 Å². The van der Waals surface area contributed by atoms with Gasteiger partial charge in [-0.25, -0.2) is 0 Å². The Labute approximate surface area is 385 Å². The van der Waals surface area contributed by atoms with Crippen molar-refractivity contribution in [2.45, 2.75) is 116 Å². The van der Waals surface area contributed by atoms with E-state index in [9.17, 15) is 122 Å². The van der Waals surface area contributed by atoms with Crippen LogP contribution >= 0.6 is 0 Å². The van der Waals surface area contributed by atoms with E-state index in [1.807, 2.05) is 0 Å². The van der Waals surface area contributed by atoms with Gasteiger partial charge in [0.2, 0.25) is 17.3 Å². The van der Waals surface area contributed by atoms with Crippen LogP contribution < -0.4 is 0 Å². The van der Waals surface area contributed by atoms with Crippen LogP contribution in [0, 0.1) is 57.5 Å². The summed E-state index contributed by atoms with van der Waals surface area (Å²) >= 11 is 0. The molecule has 0 rings (SSSR count). The van der Waals surface area contributed by atoms with Gasteiger partial charge in [-0.2, -0.15) is 92.2 Å². The summed E-state index contributed by atoms with van der Waals surface area (Å²) in [5.74, 6) is -59.5. The number of alkyl halides is 21. The van der Waals surface area contributed by atoms with Gasteiger partial charge in [0.15, 0.2) is 0 Å². The van der Waals surface area contributed by atoms with Crippen LogP contribution in [0.2, 0.25) is 0 Å². The molecule has 0 saturated heterocycles. The SMILES string of the molecule is [2H]C([2H])([2H])C(/C(O)=C/C(=O)C(F)(F)C(F)(F)C(F)(F)F)(C([2H])([2H])[2H])C([2H])([2H])[2H].[2H]C([2H])([2H])C(/C(O)=C/C(=O)C(F)(F)C(F)(F)C(F)(F)F)(C([2H])([2H])[2H])C([2H])([2H])[2H].[2H]C([2H])([2H])C(/C(O)=C/C(=O)C(F)(F)C(F)(F)C(F)(F)F)(C([2H])([2H])[2H])C([2H])([2H])[2H].[Pr]. The standard InChI is InChI=1S/3C10H11F7O2.Pr/c3*1-7(2,3)5(18)4-6(19)8(11,12)9(13,14)10(15,16)17;/h3*4,18H,1-3H3;/b3*5-4-;/i3*1D3,2D3,3D3;. The van der Waals surface area contributed by atoms with Crippen molar-refractivity contribution < 1.29 is 200 Å². The van der Waals surface area contributed by atoms with E-state index in [1.54, 1.807) is 0 Å². The van der Waals surface area contributed by atoms with Gasteiger partial charge < -0.3 is 15.3 Å². The van der Waals surface area contributed by atoms with Crippen molar-refractivity contribution >= 4 is 17.3 Å². The number of halogens is 21. The molecule has 0 unspecified atom stereocenters. The fraction of sp³-hybridized carbons (Fsp3) is 0.700. The molecule has 0 aromatic carbocycles. The maximum Gasteiger partial charge on any atom is 0.460 e. The van der Waals surface area contributed by atoms with Gasteiger partial charge in [-0.3, -0.25) is 14.4 Å².